The van der Waals surface area contributed by atoms with Crippen molar-refractivity contribution in [1.82, 2.24) is 5.43 Å². The van der Waals surface area contributed by atoms with E-state index in [0.717, 1.165) is 0 Å². The molecule has 0 bridgehead atoms. The third-order valence-corrected chi connectivity index (χ3v) is 4.00. The molecule has 1 amide bonds. The van der Waals surface area contributed by atoms with Gasteiger partial charge in [0.05, 0.1) is 16.8 Å². The number of aromatic amines is 1. The first-order valence-corrected chi connectivity index (χ1v) is 7.37. The fourth-order valence-corrected chi connectivity index (χ4v) is 2.24. The van der Waals surface area contributed by atoms with E-state index in [2.05, 4.69) is 15.5 Å². The first-order chi connectivity index (χ1) is 11.3. The molecule has 24 heavy (non-hydrogen) atoms. The lowest BCUT2D eigenvalue weighted by molar-refractivity contribution is -0.384. The standard InChI is InChI=1S/C13H8Cl3N5O3/c14-8-10(17)9(15)12(16)19-11(8)13(22)20-18-5-6-1-3-7(4-2-6)21(23)24/h1-5H,(H2,17,19)(H,20,22)/p+1/b18-5+. The molecular formula is C13H9Cl3N5O3+. The molecule has 0 saturated heterocycles. The Balaban J connectivity index is 2.12. The molecule has 0 aliphatic heterocycles. The topological polar surface area (TPSA) is 125 Å². The van der Waals surface area contributed by atoms with Crippen molar-refractivity contribution in [2.45, 2.75) is 0 Å². The van der Waals surface area contributed by atoms with E-state index in [1.807, 2.05) is 0 Å². The minimum absolute atomic E-state index is 0.00704. The van der Waals surface area contributed by atoms with E-state index < -0.39 is 10.8 Å². The number of nitrogens with one attached hydrogen (secondary N) is 2. The summed E-state index contributed by atoms with van der Waals surface area (Å²) in [5.74, 6) is -0.691. The number of anilines is 1. The second-order valence-electron chi connectivity index (χ2n) is 4.40. The van der Waals surface area contributed by atoms with Gasteiger partial charge in [-0.15, -0.1) is 0 Å². The van der Waals surface area contributed by atoms with E-state index in [-0.39, 0.29) is 32.3 Å². The first-order valence-electron chi connectivity index (χ1n) is 6.24. The minimum atomic E-state index is -0.691. The van der Waals surface area contributed by atoms with E-state index in [1.165, 1.54) is 30.5 Å². The molecule has 0 saturated carbocycles. The Morgan fingerprint density at radius 3 is 2.46 bits per heavy atom. The van der Waals surface area contributed by atoms with Gasteiger partial charge in [-0.25, -0.2) is 5.43 Å². The number of non-ortho nitro benzene ring substituents is 1. The minimum Gasteiger partial charge on any atom is -0.396 e. The molecule has 0 unspecified atom stereocenters. The predicted octanol–water partition coefficient (Wildman–Crippen LogP) is 2.72. The zero-order valence-corrected chi connectivity index (χ0v) is 14.0. The number of carbonyl (C=O) groups is 1. The van der Waals surface area contributed by atoms with E-state index in [4.69, 9.17) is 40.5 Å². The van der Waals surface area contributed by atoms with Gasteiger partial charge in [-0.05, 0) is 29.3 Å². The first kappa shape index (κ1) is 17.9. The number of hydrogen-bond donors (Lipinski definition) is 2. The molecule has 2 aromatic rings. The lowest BCUT2D eigenvalue weighted by Gasteiger charge is -2.02. The Bertz CT molecular complexity index is 840. The van der Waals surface area contributed by atoms with Crippen LogP contribution < -0.4 is 16.1 Å². The molecular weight excluding hydrogens is 381 g/mol. The van der Waals surface area contributed by atoms with Gasteiger partial charge in [0.1, 0.15) is 10.0 Å². The van der Waals surface area contributed by atoms with Crippen LogP contribution in [-0.4, -0.2) is 17.0 Å². The van der Waals surface area contributed by atoms with Crippen molar-refractivity contribution in [2.75, 3.05) is 5.73 Å². The number of hydrogen-bond acceptors (Lipinski definition) is 5. The van der Waals surface area contributed by atoms with Crippen LogP contribution >= 0.6 is 34.8 Å². The Labute approximate surface area is 150 Å². The second-order valence-corrected chi connectivity index (χ2v) is 5.54. The molecule has 0 radical (unpaired) electrons. The molecule has 11 heteroatoms. The van der Waals surface area contributed by atoms with Crippen molar-refractivity contribution < 1.29 is 14.7 Å². The van der Waals surface area contributed by atoms with E-state index >= 15 is 0 Å². The van der Waals surface area contributed by atoms with Crippen molar-refractivity contribution >= 4 is 58.3 Å². The van der Waals surface area contributed by atoms with Gasteiger partial charge >= 0.3 is 5.91 Å². The highest BCUT2D eigenvalue weighted by molar-refractivity contribution is 6.45. The maximum atomic E-state index is 12.0. The van der Waals surface area contributed by atoms with Gasteiger partial charge in [0.2, 0.25) is 0 Å². The Morgan fingerprint density at radius 2 is 1.88 bits per heavy atom. The van der Waals surface area contributed by atoms with Crippen molar-refractivity contribution in [3.63, 3.8) is 0 Å². The summed E-state index contributed by atoms with van der Waals surface area (Å²) in [6, 6.07) is 5.58. The summed E-state index contributed by atoms with van der Waals surface area (Å²) in [6.45, 7) is 0. The Kier molecular flexibility index (Phi) is 5.55. The lowest BCUT2D eigenvalue weighted by Crippen LogP contribution is -2.28. The van der Waals surface area contributed by atoms with Crippen LogP contribution in [0.3, 0.4) is 0 Å². The summed E-state index contributed by atoms with van der Waals surface area (Å²) >= 11 is 17.5. The SMILES string of the molecule is Nc1c(Cl)c(Cl)[nH+]c(C(=O)N/N=C/c2ccc([N+](=O)[O-])cc2)c1Cl. The van der Waals surface area contributed by atoms with Gasteiger partial charge in [-0.3, -0.25) is 14.9 Å². The highest BCUT2D eigenvalue weighted by atomic mass is 35.5. The highest BCUT2D eigenvalue weighted by Crippen LogP contribution is 2.31. The number of nitrogen functional groups attached to an aromatic ring is 1. The number of nitrogens with two attached hydrogens (primary N) is 1. The third kappa shape index (κ3) is 3.91. The molecule has 0 fully saturated rings. The van der Waals surface area contributed by atoms with Crippen LogP contribution in [0.1, 0.15) is 16.1 Å². The van der Waals surface area contributed by atoms with Gasteiger partial charge in [-0.2, -0.15) is 10.1 Å². The Morgan fingerprint density at radius 1 is 1.25 bits per heavy atom. The number of nitrogens with zero attached hydrogens (tertiary/aromatic N) is 2. The predicted molar refractivity (Wildman–Crippen MR) is 90.6 cm³/mol. The average Bonchev–Trinajstić information content (AvgIpc) is 2.56. The van der Waals surface area contributed by atoms with Gasteiger partial charge in [0, 0.05) is 12.1 Å². The molecule has 0 spiro atoms. The molecule has 4 N–H and O–H groups in total. The molecule has 1 aromatic carbocycles. The number of amides is 1. The maximum Gasteiger partial charge on any atom is 0.337 e. The summed E-state index contributed by atoms with van der Waals surface area (Å²) in [5.41, 5.74) is 8.21. The third-order valence-electron chi connectivity index (χ3n) is 2.83. The number of hydrazone groups is 1. The van der Waals surface area contributed by atoms with Crippen LogP contribution in [0.15, 0.2) is 29.4 Å². The van der Waals surface area contributed by atoms with Crippen LogP contribution in [0.5, 0.6) is 0 Å². The molecule has 0 aliphatic rings. The summed E-state index contributed by atoms with van der Waals surface area (Å²) in [6.07, 6.45) is 1.30. The van der Waals surface area contributed by atoms with Gasteiger partial charge in [-0.1, -0.05) is 23.2 Å². The molecule has 8 nitrogen and oxygen atoms in total. The molecule has 124 valence electrons. The molecule has 2 rings (SSSR count). The van der Waals surface area contributed by atoms with Crippen LogP contribution in [0.2, 0.25) is 15.2 Å². The van der Waals surface area contributed by atoms with Gasteiger partial charge < -0.3 is 5.73 Å². The quantitative estimate of drug-likeness (QED) is 0.361. The number of nitro benzene ring substituents is 1. The van der Waals surface area contributed by atoms with Crippen LogP contribution in [0.4, 0.5) is 11.4 Å². The van der Waals surface area contributed by atoms with E-state index in [0.29, 0.717) is 5.56 Å². The number of nitro groups is 1. The zero-order valence-electron chi connectivity index (χ0n) is 11.7. The van der Waals surface area contributed by atoms with Crippen LogP contribution in [0, 0.1) is 10.1 Å². The summed E-state index contributed by atoms with van der Waals surface area (Å²) in [7, 11) is 0. The van der Waals surface area contributed by atoms with Crippen molar-refractivity contribution in [1.29, 1.82) is 0 Å². The van der Waals surface area contributed by atoms with Crippen LogP contribution in [0.25, 0.3) is 0 Å². The zero-order chi connectivity index (χ0) is 17.9. The highest BCUT2D eigenvalue weighted by Gasteiger charge is 2.25. The van der Waals surface area contributed by atoms with Crippen molar-refractivity contribution in [3.05, 3.63) is 60.8 Å². The smallest absolute Gasteiger partial charge is 0.337 e. The number of pyridine rings is 1. The number of aromatic nitrogens is 1. The fraction of sp³-hybridized carbons (Fsp3) is 0. The number of halogens is 3. The maximum absolute atomic E-state index is 12.0. The van der Waals surface area contributed by atoms with Crippen molar-refractivity contribution in [3.8, 4) is 0 Å². The molecule has 0 aliphatic carbocycles. The largest absolute Gasteiger partial charge is 0.396 e. The molecule has 1 aromatic heterocycles. The lowest BCUT2D eigenvalue weighted by atomic mass is 10.2. The summed E-state index contributed by atoms with van der Waals surface area (Å²) in [4.78, 5) is 24.6. The summed E-state index contributed by atoms with van der Waals surface area (Å²) < 4.78 is 0. The molecule has 0 atom stereocenters. The number of rotatable bonds is 4. The average molecular weight is 390 g/mol. The van der Waals surface area contributed by atoms with Crippen molar-refractivity contribution in [2.24, 2.45) is 5.10 Å². The monoisotopic (exact) mass is 388 g/mol. The van der Waals surface area contributed by atoms with Gasteiger partial charge in [0.25, 0.3) is 16.5 Å². The number of H-pyrrole nitrogens is 1. The van der Waals surface area contributed by atoms with Crippen LogP contribution in [-0.2, 0) is 0 Å². The second kappa shape index (κ2) is 7.43. The molecule has 1 heterocycles. The fourth-order valence-electron chi connectivity index (χ4n) is 1.63. The Hall–Kier alpha value is -2.42. The summed E-state index contributed by atoms with van der Waals surface area (Å²) in [5, 5.41) is 14.2. The number of carbonyl (C=O) groups excluding carboxylic acids is 1. The van der Waals surface area contributed by atoms with Gasteiger partial charge in [0.15, 0.2) is 0 Å². The number of benzene rings is 1. The normalized spacial score (nSPS) is 10.8. The van der Waals surface area contributed by atoms with E-state index in [1.54, 1.807) is 0 Å². The van der Waals surface area contributed by atoms with E-state index in [9.17, 15) is 14.9 Å².